The van der Waals surface area contributed by atoms with E-state index in [4.69, 9.17) is 0 Å². The van der Waals surface area contributed by atoms with Crippen LogP contribution < -0.4 is 15.5 Å². The molecule has 0 atom stereocenters. The molecule has 1 aliphatic heterocycles. The molecule has 2 rings (SSSR count). The van der Waals surface area contributed by atoms with Crippen LogP contribution >= 0.6 is 0 Å². The summed E-state index contributed by atoms with van der Waals surface area (Å²) in [6.07, 6.45) is 5.86. The van der Waals surface area contributed by atoms with Crippen LogP contribution in [0.2, 0.25) is 0 Å². The second-order valence-electron chi connectivity index (χ2n) is 5.93. The van der Waals surface area contributed by atoms with Gasteiger partial charge in [0.05, 0.1) is 0 Å². The van der Waals surface area contributed by atoms with Gasteiger partial charge >= 0.3 is 0 Å². The maximum Gasteiger partial charge on any atom is 0.220 e. The number of rotatable bonds is 6. The predicted molar refractivity (Wildman–Crippen MR) is 85.2 cm³/mol. The molecule has 1 amide bonds. The molecule has 1 aliphatic rings. The number of piperidine rings is 1. The third kappa shape index (κ3) is 5.34. The molecule has 0 radical (unpaired) electrons. The highest BCUT2D eigenvalue weighted by atomic mass is 16.1. The van der Waals surface area contributed by atoms with Gasteiger partial charge in [0.1, 0.15) is 5.82 Å². The van der Waals surface area contributed by atoms with E-state index >= 15 is 0 Å². The van der Waals surface area contributed by atoms with Crippen molar-refractivity contribution in [1.82, 2.24) is 15.6 Å². The fourth-order valence-corrected chi connectivity index (χ4v) is 2.58. The predicted octanol–water partition coefficient (Wildman–Crippen LogP) is 1.54. The Morgan fingerprint density at radius 1 is 1.38 bits per heavy atom. The zero-order valence-electron chi connectivity index (χ0n) is 13.1. The monoisotopic (exact) mass is 290 g/mol. The van der Waals surface area contributed by atoms with E-state index in [0.717, 1.165) is 30.9 Å². The van der Waals surface area contributed by atoms with Crippen LogP contribution in [0.3, 0.4) is 0 Å². The van der Waals surface area contributed by atoms with Gasteiger partial charge in [0.25, 0.3) is 0 Å². The van der Waals surface area contributed by atoms with E-state index in [0.29, 0.717) is 18.9 Å². The van der Waals surface area contributed by atoms with Gasteiger partial charge in [0.2, 0.25) is 5.91 Å². The lowest BCUT2D eigenvalue weighted by Crippen LogP contribution is -2.29. The van der Waals surface area contributed by atoms with E-state index in [1.165, 1.54) is 12.8 Å². The average molecular weight is 290 g/mol. The first-order valence-electron chi connectivity index (χ1n) is 7.75. The first-order valence-corrected chi connectivity index (χ1v) is 7.75. The van der Waals surface area contributed by atoms with E-state index in [9.17, 15) is 4.79 Å². The fourth-order valence-electron chi connectivity index (χ4n) is 2.58. The van der Waals surface area contributed by atoms with E-state index in [-0.39, 0.29) is 5.91 Å². The summed E-state index contributed by atoms with van der Waals surface area (Å²) in [5.41, 5.74) is 1.04. The van der Waals surface area contributed by atoms with Crippen molar-refractivity contribution in [2.45, 2.75) is 32.2 Å². The fraction of sp³-hybridized carbons (Fsp3) is 0.625. The van der Waals surface area contributed by atoms with Gasteiger partial charge in [-0.05, 0) is 49.9 Å². The Bertz CT molecular complexity index is 438. The van der Waals surface area contributed by atoms with E-state index in [1.54, 1.807) is 0 Å². The molecule has 1 fully saturated rings. The van der Waals surface area contributed by atoms with Crippen molar-refractivity contribution in [3.63, 3.8) is 0 Å². The first kappa shape index (κ1) is 15.8. The standard InChI is InChI=1S/C16H26N4O/c1-20(2)15-5-3-14(11-18-15)12-19-16(21)6-4-13-7-9-17-10-8-13/h3,5,11,13,17H,4,6-10,12H2,1-2H3,(H,19,21). The molecule has 0 bridgehead atoms. The van der Waals surface area contributed by atoms with Crippen LogP contribution in [0, 0.1) is 5.92 Å². The quantitative estimate of drug-likeness (QED) is 0.834. The molecule has 0 saturated carbocycles. The van der Waals surface area contributed by atoms with Gasteiger partial charge < -0.3 is 15.5 Å². The van der Waals surface area contributed by atoms with Gasteiger partial charge in [-0.25, -0.2) is 4.98 Å². The minimum atomic E-state index is 0.144. The van der Waals surface area contributed by atoms with Gasteiger partial charge in [0.15, 0.2) is 0 Å². The van der Waals surface area contributed by atoms with E-state index in [2.05, 4.69) is 15.6 Å². The van der Waals surface area contributed by atoms with E-state index in [1.807, 2.05) is 37.3 Å². The molecular formula is C16H26N4O. The Morgan fingerprint density at radius 2 is 2.14 bits per heavy atom. The molecule has 2 N–H and O–H groups in total. The Labute approximate surface area is 127 Å². The lowest BCUT2D eigenvalue weighted by atomic mass is 9.93. The lowest BCUT2D eigenvalue weighted by molar-refractivity contribution is -0.121. The molecule has 1 aromatic heterocycles. The van der Waals surface area contributed by atoms with Crippen LogP contribution in [-0.2, 0) is 11.3 Å². The zero-order chi connectivity index (χ0) is 15.1. The molecule has 2 heterocycles. The Kier molecular flexibility index (Phi) is 5.99. The molecule has 21 heavy (non-hydrogen) atoms. The number of nitrogens with one attached hydrogen (secondary N) is 2. The molecule has 5 heteroatoms. The van der Waals surface area contributed by atoms with Crippen molar-refractivity contribution < 1.29 is 4.79 Å². The minimum Gasteiger partial charge on any atom is -0.363 e. The average Bonchev–Trinajstić information content (AvgIpc) is 2.52. The molecule has 0 aromatic carbocycles. The van der Waals surface area contributed by atoms with Crippen molar-refractivity contribution >= 4 is 11.7 Å². The van der Waals surface area contributed by atoms with Crippen molar-refractivity contribution in [3.8, 4) is 0 Å². The molecule has 0 unspecified atom stereocenters. The van der Waals surface area contributed by atoms with Gasteiger partial charge in [-0.3, -0.25) is 4.79 Å². The van der Waals surface area contributed by atoms with Crippen LogP contribution in [0.25, 0.3) is 0 Å². The number of anilines is 1. The highest BCUT2D eigenvalue weighted by molar-refractivity contribution is 5.75. The molecule has 0 spiro atoms. The molecule has 1 aromatic rings. The van der Waals surface area contributed by atoms with Crippen molar-refractivity contribution in [3.05, 3.63) is 23.9 Å². The maximum absolute atomic E-state index is 11.9. The Morgan fingerprint density at radius 3 is 2.76 bits per heavy atom. The summed E-state index contributed by atoms with van der Waals surface area (Å²) in [5, 5.41) is 6.33. The van der Waals surface area contributed by atoms with Gasteiger partial charge in [-0.2, -0.15) is 0 Å². The topological polar surface area (TPSA) is 57.3 Å². The smallest absolute Gasteiger partial charge is 0.220 e. The largest absolute Gasteiger partial charge is 0.363 e. The van der Waals surface area contributed by atoms with Gasteiger partial charge in [-0.15, -0.1) is 0 Å². The second kappa shape index (κ2) is 7.98. The second-order valence-corrected chi connectivity index (χ2v) is 5.93. The van der Waals surface area contributed by atoms with Crippen LogP contribution in [-0.4, -0.2) is 38.1 Å². The summed E-state index contributed by atoms with van der Waals surface area (Å²) in [6, 6.07) is 3.98. The highest BCUT2D eigenvalue weighted by Gasteiger charge is 2.14. The summed E-state index contributed by atoms with van der Waals surface area (Å²) in [6.45, 7) is 2.75. The lowest BCUT2D eigenvalue weighted by Gasteiger charge is -2.22. The van der Waals surface area contributed by atoms with Crippen LogP contribution in [0.5, 0.6) is 0 Å². The number of pyridine rings is 1. The van der Waals surface area contributed by atoms with Crippen LogP contribution in [0.15, 0.2) is 18.3 Å². The molecule has 5 nitrogen and oxygen atoms in total. The van der Waals surface area contributed by atoms with Crippen molar-refractivity contribution in [2.75, 3.05) is 32.1 Å². The Balaban J connectivity index is 1.68. The normalized spacial score (nSPS) is 15.7. The summed E-state index contributed by atoms with van der Waals surface area (Å²) >= 11 is 0. The molecule has 1 saturated heterocycles. The minimum absolute atomic E-state index is 0.144. The number of aromatic nitrogens is 1. The van der Waals surface area contributed by atoms with Gasteiger partial charge in [-0.1, -0.05) is 6.07 Å². The van der Waals surface area contributed by atoms with E-state index < -0.39 is 0 Å². The third-order valence-corrected chi connectivity index (χ3v) is 4.00. The number of hydrogen-bond acceptors (Lipinski definition) is 4. The molecular weight excluding hydrogens is 264 g/mol. The summed E-state index contributed by atoms with van der Waals surface area (Å²) in [4.78, 5) is 18.2. The number of carbonyl (C=O) groups is 1. The zero-order valence-corrected chi connectivity index (χ0v) is 13.1. The highest BCUT2D eigenvalue weighted by Crippen LogP contribution is 2.17. The van der Waals surface area contributed by atoms with Crippen molar-refractivity contribution in [2.24, 2.45) is 5.92 Å². The number of carbonyl (C=O) groups excluding carboxylic acids is 1. The Hall–Kier alpha value is -1.62. The van der Waals surface area contributed by atoms with Crippen LogP contribution in [0.1, 0.15) is 31.2 Å². The maximum atomic E-state index is 11.9. The van der Waals surface area contributed by atoms with Gasteiger partial charge in [0, 0.05) is 33.3 Å². The summed E-state index contributed by atoms with van der Waals surface area (Å²) < 4.78 is 0. The third-order valence-electron chi connectivity index (χ3n) is 4.00. The molecule has 0 aliphatic carbocycles. The summed E-state index contributed by atoms with van der Waals surface area (Å²) in [5.74, 6) is 1.78. The number of hydrogen-bond donors (Lipinski definition) is 2. The van der Waals surface area contributed by atoms with Crippen molar-refractivity contribution in [1.29, 1.82) is 0 Å². The SMILES string of the molecule is CN(C)c1ccc(CNC(=O)CCC2CCNCC2)cn1. The number of nitrogens with zero attached hydrogens (tertiary/aromatic N) is 2. The number of amides is 1. The van der Waals surface area contributed by atoms with Crippen LogP contribution in [0.4, 0.5) is 5.82 Å². The molecule has 116 valence electrons. The first-order chi connectivity index (χ1) is 10.1. The summed E-state index contributed by atoms with van der Waals surface area (Å²) in [7, 11) is 3.93.